The number of nitrogens with zero attached hydrogens (tertiary/aromatic N) is 3. The Morgan fingerprint density at radius 1 is 1.19 bits per heavy atom. The molecule has 1 aliphatic heterocycles. The summed E-state index contributed by atoms with van der Waals surface area (Å²) in [7, 11) is 0. The first-order chi connectivity index (χ1) is 13.2. The molecule has 0 radical (unpaired) electrons. The van der Waals surface area contributed by atoms with Crippen LogP contribution in [0.2, 0.25) is 0 Å². The Morgan fingerprint density at radius 2 is 1.96 bits per heavy atom. The average molecular weight is 366 g/mol. The van der Waals surface area contributed by atoms with Gasteiger partial charge in [-0.3, -0.25) is 9.69 Å². The molecule has 1 saturated heterocycles. The second-order valence-corrected chi connectivity index (χ2v) is 6.92. The van der Waals surface area contributed by atoms with Crippen LogP contribution in [0.15, 0.2) is 51.7 Å². The number of carbonyl (C=O) groups is 1. The molecule has 4 rings (SSSR count). The van der Waals surface area contributed by atoms with Crippen molar-refractivity contribution < 1.29 is 13.6 Å². The number of amides is 1. The SMILES string of the molecule is Cc1ccc(NC(=O)CN2CCC(c3nnc(-c4ccoc4)o3)CC2)cc1. The van der Waals surface area contributed by atoms with Crippen LogP contribution in [-0.2, 0) is 4.79 Å². The van der Waals surface area contributed by atoms with Crippen LogP contribution in [0.1, 0.15) is 30.2 Å². The zero-order valence-corrected chi connectivity index (χ0v) is 15.2. The van der Waals surface area contributed by atoms with E-state index in [2.05, 4.69) is 20.4 Å². The van der Waals surface area contributed by atoms with Gasteiger partial charge in [0.1, 0.15) is 6.26 Å². The van der Waals surface area contributed by atoms with Crippen LogP contribution in [0, 0.1) is 6.92 Å². The number of rotatable bonds is 5. The number of aromatic nitrogens is 2. The first-order valence-corrected chi connectivity index (χ1v) is 9.12. The number of carbonyl (C=O) groups excluding carboxylic acids is 1. The number of furan rings is 1. The van der Waals surface area contributed by atoms with Crippen LogP contribution < -0.4 is 5.32 Å². The number of benzene rings is 1. The standard InChI is InChI=1S/C20H22N4O3/c1-14-2-4-17(5-3-14)21-18(25)12-24-9-6-15(7-10-24)19-22-23-20(27-19)16-8-11-26-13-16/h2-5,8,11,13,15H,6-7,9-10,12H2,1H3,(H,21,25). The highest BCUT2D eigenvalue weighted by molar-refractivity contribution is 5.92. The normalized spacial score (nSPS) is 15.7. The number of likely N-dealkylation sites (tertiary alicyclic amines) is 1. The van der Waals surface area contributed by atoms with E-state index in [0.29, 0.717) is 18.3 Å². The molecule has 0 atom stereocenters. The molecule has 1 aromatic carbocycles. The molecule has 3 aromatic rings. The van der Waals surface area contributed by atoms with E-state index in [1.807, 2.05) is 31.2 Å². The predicted molar refractivity (Wildman–Crippen MR) is 100 cm³/mol. The molecule has 3 heterocycles. The van der Waals surface area contributed by atoms with E-state index in [1.54, 1.807) is 18.6 Å². The van der Waals surface area contributed by atoms with E-state index in [0.717, 1.165) is 37.2 Å². The van der Waals surface area contributed by atoms with Crippen molar-refractivity contribution in [3.63, 3.8) is 0 Å². The fraction of sp³-hybridized carbons (Fsp3) is 0.350. The van der Waals surface area contributed by atoms with Crippen LogP contribution in [0.25, 0.3) is 11.5 Å². The van der Waals surface area contributed by atoms with Gasteiger partial charge in [0.15, 0.2) is 0 Å². The number of aryl methyl sites for hydroxylation is 1. The Bertz CT molecular complexity index is 878. The van der Waals surface area contributed by atoms with Gasteiger partial charge in [0.25, 0.3) is 5.89 Å². The van der Waals surface area contributed by atoms with E-state index in [9.17, 15) is 4.79 Å². The van der Waals surface area contributed by atoms with Crippen molar-refractivity contribution in [2.24, 2.45) is 0 Å². The molecule has 1 N–H and O–H groups in total. The Kier molecular flexibility index (Phi) is 5.02. The lowest BCUT2D eigenvalue weighted by atomic mass is 9.97. The molecule has 2 aromatic heterocycles. The first-order valence-electron chi connectivity index (χ1n) is 9.12. The number of hydrogen-bond acceptors (Lipinski definition) is 6. The van der Waals surface area contributed by atoms with Crippen molar-refractivity contribution in [1.29, 1.82) is 0 Å². The summed E-state index contributed by atoms with van der Waals surface area (Å²) in [6.07, 6.45) is 4.96. The number of nitrogens with one attached hydrogen (secondary N) is 1. The largest absolute Gasteiger partial charge is 0.472 e. The third-order valence-electron chi connectivity index (χ3n) is 4.85. The lowest BCUT2D eigenvalue weighted by molar-refractivity contribution is -0.117. The lowest BCUT2D eigenvalue weighted by Crippen LogP contribution is -2.38. The summed E-state index contributed by atoms with van der Waals surface area (Å²) in [5, 5.41) is 11.2. The molecule has 7 heteroatoms. The summed E-state index contributed by atoms with van der Waals surface area (Å²) in [6.45, 7) is 4.08. The van der Waals surface area contributed by atoms with Crippen LogP contribution >= 0.6 is 0 Å². The summed E-state index contributed by atoms with van der Waals surface area (Å²) in [5.41, 5.74) is 2.80. The summed E-state index contributed by atoms with van der Waals surface area (Å²) < 4.78 is 10.8. The second kappa shape index (κ2) is 7.75. The highest BCUT2D eigenvalue weighted by atomic mass is 16.4. The predicted octanol–water partition coefficient (Wildman–Crippen LogP) is 3.46. The van der Waals surface area contributed by atoms with Crippen molar-refractivity contribution in [1.82, 2.24) is 15.1 Å². The van der Waals surface area contributed by atoms with Gasteiger partial charge < -0.3 is 14.2 Å². The van der Waals surface area contributed by atoms with Gasteiger partial charge in [-0.2, -0.15) is 0 Å². The van der Waals surface area contributed by atoms with Gasteiger partial charge in [-0.15, -0.1) is 10.2 Å². The van der Waals surface area contributed by atoms with Crippen LogP contribution in [0.5, 0.6) is 0 Å². The molecule has 0 spiro atoms. The van der Waals surface area contributed by atoms with Crippen LogP contribution in [-0.4, -0.2) is 40.6 Å². The van der Waals surface area contributed by atoms with E-state index < -0.39 is 0 Å². The fourth-order valence-electron chi connectivity index (χ4n) is 3.28. The molecule has 0 aliphatic carbocycles. The molecule has 0 bridgehead atoms. The van der Waals surface area contributed by atoms with E-state index >= 15 is 0 Å². The maximum absolute atomic E-state index is 12.2. The first kappa shape index (κ1) is 17.5. The zero-order valence-electron chi connectivity index (χ0n) is 15.2. The maximum atomic E-state index is 12.2. The topological polar surface area (TPSA) is 84.4 Å². The van der Waals surface area contributed by atoms with Crippen LogP contribution in [0.3, 0.4) is 0 Å². The van der Waals surface area contributed by atoms with Gasteiger partial charge in [-0.1, -0.05) is 17.7 Å². The molecular weight excluding hydrogens is 344 g/mol. The average Bonchev–Trinajstić information content (AvgIpc) is 3.36. The van der Waals surface area contributed by atoms with Gasteiger partial charge in [0, 0.05) is 11.6 Å². The monoisotopic (exact) mass is 366 g/mol. The second-order valence-electron chi connectivity index (χ2n) is 6.92. The Morgan fingerprint density at radius 3 is 2.67 bits per heavy atom. The molecule has 27 heavy (non-hydrogen) atoms. The van der Waals surface area contributed by atoms with Gasteiger partial charge >= 0.3 is 0 Å². The molecule has 140 valence electrons. The van der Waals surface area contributed by atoms with E-state index in [-0.39, 0.29) is 11.8 Å². The van der Waals surface area contributed by atoms with Crippen molar-refractivity contribution in [2.45, 2.75) is 25.7 Å². The molecule has 1 aliphatic rings. The number of hydrogen-bond donors (Lipinski definition) is 1. The molecule has 0 unspecified atom stereocenters. The third kappa shape index (κ3) is 4.25. The highest BCUT2D eigenvalue weighted by Gasteiger charge is 2.26. The summed E-state index contributed by atoms with van der Waals surface area (Å²) >= 11 is 0. The zero-order chi connectivity index (χ0) is 18.6. The molecular formula is C20H22N4O3. The molecule has 1 fully saturated rings. The minimum absolute atomic E-state index is 0.0114. The van der Waals surface area contributed by atoms with Crippen molar-refractivity contribution in [2.75, 3.05) is 25.0 Å². The third-order valence-corrected chi connectivity index (χ3v) is 4.85. The van der Waals surface area contributed by atoms with Crippen molar-refractivity contribution in [3.05, 3.63) is 54.3 Å². The summed E-state index contributed by atoms with van der Waals surface area (Å²) in [5.74, 6) is 1.39. The Hall–Kier alpha value is -2.93. The Labute approximate surface area is 157 Å². The van der Waals surface area contributed by atoms with Crippen molar-refractivity contribution in [3.8, 4) is 11.5 Å². The minimum atomic E-state index is 0.0114. The number of piperidine rings is 1. The van der Waals surface area contributed by atoms with Gasteiger partial charge in [0.2, 0.25) is 11.8 Å². The fourth-order valence-corrected chi connectivity index (χ4v) is 3.28. The Balaban J connectivity index is 1.27. The quantitative estimate of drug-likeness (QED) is 0.744. The molecule has 7 nitrogen and oxygen atoms in total. The minimum Gasteiger partial charge on any atom is -0.472 e. The summed E-state index contributed by atoms with van der Waals surface area (Å²) in [4.78, 5) is 14.4. The highest BCUT2D eigenvalue weighted by Crippen LogP contribution is 2.29. The van der Waals surface area contributed by atoms with E-state index in [1.165, 1.54) is 5.56 Å². The van der Waals surface area contributed by atoms with Crippen molar-refractivity contribution >= 4 is 11.6 Å². The van der Waals surface area contributed by atoms with Crippen LogP contribution in [0.4, 0.5) is 5.69 Å². The number of anilines is 1. The smallest absolute Gasteiger partial charge is 0.250 e. The molecule has 1 amide bonds. The van der Waals surface area contributed by atoms with Gasteiger partial charge in [-0.05, 0) is 51.1 Å². The van der Waals surface area contributed by atoms with E-state index in [4.69, 9.17) is 8.83 Å². The lowest BCUT2D eigenvalue weighted by Gasteiger charge is -2.29. The summed E-state index contributed by atoms with van der Waals surface area (Å²) in [6, 6.07) is 9.62. The van der Waals surface area contributed by atoms with Gasteiger partial charge in [0.05, 0.1) is 18.4 Å². The van der Waals surface area contributed by atoms with Gasteiger partial charge in [-0.25, -0.2) is 0 Å². The maximum Gasteiger partial charge on any atom is 0.250 e. The molecule has 0 saturated carbocycles.